The number of nitriles is 1. The van der Waals surface area contributed by atoms with E-state index in [0.29, 0.717) is 24.1 Å². The number of rotatable bonds is 5. The van der Waals surface area contributed by atoms with Gasteiger partial charge in [-0.1, -0.05) is 6.07 Å². The van der Waals surface area contributed by atoms with E-state index < -0.39 is 32.9 Å². The van der Waals surface area contributed by atoms with E-state index in [1.54, 1.807) is 6.20 Å². The molecule has 0 amide bonds. The van der Waals surface area contributed by atoms with Crippen molar-refractivity contribution in [2.75, 3.05) is 4.72 Å². The lowest BCUT2D eigenvalue weighted by atomic mass is 10.2. The van der Waals surface area contributed by atoms with Gasteiger partial charge in [0.05, 0.1) is 11.3 Å². The highest BCUT2D eigenvalue weighted by atomic mass is 32.2. The van der Waals surface area contributed by atoms with Crippen LogP contribution in [0.15, 0.2) is 46.9 Å². The minimum absolute atomic E-state index is 0.0509. The molecule has 0 spiro atoms. The lowest BCUT2D eigenvalue weighted by Crippen LogP contribution is -2.15. The molecule has 0 radical (unpaired) electrons. The number of sulfonamides is 1. The number of hydrogen-bond acceptors (Lipinski definition) is 4. The molecule has 0 aliphatic rings. The van der Waals surface area contributed by atoms with Crippen molar-refractivity contribution in [1.82, 2.24) is 4.98 Å². The number of thiophene rings is 1. The predicted octanol–water partition coefficient (Wildman–Crippen LogP) is 3.62. The first-order valence-electron chi connectivity index (χ1n) is 7.00. The lowest BCUT2D eigenvalue weighted by molar-refractivity contribution is 0.592. The number of benzene rings is 1. The van der Waals surface area contributed by atoms with Gasteiger partial charge in [-0.2, -0.15) is 5.26 Å². The maximum atomic E-state index is 13.9. The van der Waals surface area contributed by atoms with E-state index in [1.807, 2.05) is 22.2 Å². The van der Waals surface area contributed by atoms with Gasteiger partial charge in [0.25, 0.3) is 10.0 Å². The zero-order valence-electron chi connectivity index (χ0n) is 12.6. The standard InChI is InChI=1S/C16H11F2N3O2S2/c17-13-6-15(14(18)5-10(13)7-19)21-25(22,23)16-9-20-8-11(16)4-12-2-1-3-24-12/h1-3,5-6,8-9,20-21H,4H2. The van der Waals surface area contributed by atoms with Crippen LogP contribution in [0, 0.1) is 23.0 Å². The van der Waals surface area contributed by atoms with Crippen LogP contribution < -0.4 is 4.72 Å². The van der Waals surface area contributed by atoms with Gasteiger partial charge in [0.15, 0.2) is 0 Å². The predicted molar refractivity (Wildman–Crippen MR) is 89.8 cm³/mol. The van der Waals surface area contributed by atoms with Crippen LogP contribution in [0.2, 0.25) is 0 Å². The molecule has 25 heavy (non-hydrogen) atoms. The Labute approximate surface area is 146 Å². The van der Waals surface area contributed by atoms with Gasteiger partial charge in [0.1, 0.15) is 22.6 Å². The van der Waals surface area contributed by atoms with Crippen LogP contribution in [-0.4, -0.2) is 13.4 Å². The molecule has 128 valence electrons. The molecule has 2 N–H and O–H groups in total. The van der Waals surface area contributed by atoms with Gasteiger partial charge < -0.3 is 4.98 Å². The number of anilines is 1. The smallest absolute Gasteiger partial charge is 0.263 e. The van der Waals surface area contributed by atoms with E-state index in [-0.39, 0.29) is 4.90 Å². The van der Waals surface area contributed by atoms with Gasteiger partial charge in [0, 0.05) is 29.8 Å². The van der Waals surface area contributed by atoms with Crippen molar-refractivity contribution in [2.24, 2.45) is 0 Å². The zero-order valence-corrected chi connectivity index (χ0v) is 14.2. The number of halogens is 2. The maximum Gasteiger partial charge on any atom is 0.263 e. The van der Waals surface area contributed by atoms with E-state index in [0.717, 1.165) is 4.88 Å². The van der Waals surface area contributed by atoms with Crippen LogP contribution in [0.3, 0.4) is 0 Å². The molecule has 0 saturated heterocycles. The average molecular weight is 379 g/mol. The van der Waals surface area contributed by atoms with Gasteiger partial charge in [-0.25, -0.2) is 17.2 Å². The number of hydrogen-bond donors (Lipinski definition) is 2. The van der Waals surface area contributed by atoms with Crippen molar-refractivity contribution in [3.63, 3.8) is 0 Å². The number of aromatic nitrogens is 1. The second-order valence-electron chi connectivity index (χ2n) is 5.13. The average Bonchev–Trinajstić information content (AvgIpc) is 3.23. The molecule has 0 unspecified atom stereocenters. The Morgan fingerprint density at radius 1 is 1.24 bits per heavy atom. The molecule has 2 aromatic heterocycles. The van der Waals surface area contributed by atoms with E-state index in [2.05, 4.69) is 4.98 Å². The Balaban J connectivity index is 1.93. The molecule has 0 fully saturated rings. The minimum atomic E-state index is -4.13. The van der Waals surface area contributed by atoms with Crippen molar-refractivity contribution in [3.8, 4) is 6.07 Å². The zero-order chi connectivity index (χ0) is 18.0. The number of nitrogens with zero attached hydrogens (tertiary/aromatic N) is 1. The highest BCUT2D eigenvalue weighted by molar-refractivity contribution is 7.92. The summed E-state index contributed by atoms with van der Waals surface area (Å²) in [6.45, 7) is 0. The molecule has 0 saturated carbocycles. The lowest BCUT2D eigenvalue weighted by Gasteiger charge is -2.10. The Morgan fingerprint density at radius 3 is 2.72 bits per heavy atom. The molecule has 3 aromatic rings. The molecular formula is C16H11F2N3O2S2. The number of aromatic amines is 1. The highest BCUT2D eigenvalue weighted by Crippen LogP contribution is 2.26. The van der Waals surface area contributed by atoms with E-state index in [1.165, 1.54) is 23.6 Å². The van der Waals surface area contributed by atoms with Gasteiger partial charge in [-0.05, 0) is 23.1 Å². The summed E-state index contributed by atoms with van der Waals surface area (Å²) in [4.78, 5) is 3.64. The normalized spacial score (nSPS) is 11.2. The van der Waals surface area contributed by atoms with Crippen LogP contribution in [0.1, 0.15) is 16.0 Å². The minimum Gasteiger partial charge on any atom is -0.366 e. The van der Waals surface area contributed by atoms with Crippen LogP contribution >= 0.6 is 11.3 Å². The maximum absolute atomic E-state index is 13.9. The molecule has 0 aliphatic heterocycles. The van der Waals surface area contributed by atoms with Crippen molar-refractivity contribution in [2.45, 2.75) is 11.3 Å². The first kappa shape index (κ1) is 17.1. The van der Waals surface area contributed by atoms with Crippen LogP contribution in [0.4, 0.5) is 14.5 Å². The summed E-state index contributed by atoms with van der Waals surface area (Å²) in [6, 6.07) is 6.52. The first-order chi connectivity index (χ1) is 11.9. The third kappa shape index (κ3) is 3.55. The highest BCUT2D eigenvalue weighted by Gasteiger charge is 2.22. The Bertz CT molecular complexity index is 1050. The van der Waals surface area contributed by atoms with Crippen molar-refractivity contribution < 1.29 is 17.2 Å². The quantitative estimate of drug-likeness (QED) is 0.710. The Morgan fingerprint density at radius 2 is 2.04 bits per heavy atom. The number of nitrogens with one attached hydrogen (secondary N) is 2. The summed E-state index contributed by atoms with van der Waals surface area (Å²) in [6.07, 6.45) is 3.22. The van der Waals surface area contributed by atoms with Crippen molar-refractivity contribution >= 4 is 27.0 Å². The van der Waals surface area contributed by atoms with Gasteiger partial charge in [-0.3, -0.25) is 4.72 Å². The molecule has 0 aliphatic carbocycles. The molecule has 9 heteroatoms. The number of H-pyrrole nitrogens is 1. The summed E-state index contributed by atoms with van der Waals surface area (Å²) >= 11 is 1.48. The van der Waals surface area contributed by atoms with E-state index in [4.69, 9.17) is 5.26 Å². The topological polar surface area (TPSA) is 85.8 Å². The van der Waals surface area contributed by atoms with Crippen molar-refractivity contribution in [3.05, 3.63) is 69.7 Å². The molecule has 0 atom stereocenters. The van der Waals surface area contributed by atoms with Gasteiger partial charge in [0.2, 0.25) is 0 Å². The molecule has 3 rings (SSSR count). The SMILES string of the molecule is N#Cc1cc(F)c(NS(=O)(=O)c2c[nH]cc2Cc2cccs2)cc1F. The molecule has 1 aromatic carbocycles. The summed E-state index contributed by atoms with van der Waals surface area (Å²) in [5, 5.41) is 10.6. The van der Waals surface area contributed by atoms with E-state index >= 15 is 0 Å². The molecule has 5 nitrogen and oxygen atoms in total. The Kier molecular flexibility index (Phi) is 4.57. The van der Waals surface area contributed by atoms with Gasteiger partial charge >= 0.3 is 0 Å². The van der Waals surface area contributed by atoms with Crippen molar-refractivity contribution in [1.29, 1.82) is 5.26 Å². The second kappa shape index (κ2) is 6.66. The second-order valence-corrected chi connectivity index (χ2v) is 7.81. The third-order valence-corrected chi connectivity index (χ3v) is 5.77. The molecular weight excluding hydrogens is 368 g/mol. The Hall–Kier alpha value is -2.70. The summed E-state index contributed by atoms with van der Waals surface area (Å²) in [5.41, 5.74) is -0.551. The summed E-state index contributed by atoms with van der Waals surface area (Å²) in [5.74, 6) is -2.04. The van der Waals surface area contributed by atoms with Crippen LogP contribution in [-0.2, 0) is 16.4 Å². The summed E-state index contributed by atoms with van der Waals surface area (Å²) in [7, 11) is -4.13. The van der Waals surface area contributed by atoms with E-state index in [9.17, 15) is 17.2 Å². The summed E-state index contributed by atoms with van der Waals surface area (Å²) < 4.78 is 54.7. The van der Waals surface area contributed by atoms with Gasteiger partial charge in [-0.15, -0.1) is 11.3 Å². The molecule has 0 bridgehead atoms. The first-order valence-corrected chi connectivity index (χ1v) is 9.37. The fourth-order valence-corrected chi connectivity index (χ4v) is 4.26. The fourth-order valence-electron chi connectivity index (χ4n) is 2.28. The third-order valence-electron chi connectivity index (χ3n) is 3.44. The molecule has 2 heterocycles. The van der Waals surface area contributed by atoms with Crippen LogP contribution in [0.5, 0.6) is 0 Å². The monoisotopic (exact) mass is 379 g/mol. The fraction of sp³-hybridized carbons (Fsp3) is 0.0625. The largest absolute Gasteiger partial charge is 0.366 e. The van der Waals surface area contributed by atoms with Crippen LogP contribution in [0.25, 0.3) is 0 Å².